The van der Waals surface area contributed by atoms with Crippen LogP contribution < -0.4 is 4.74 Å². The van der Waals surface area contributed by atoms with Crippen LogP contribution in [0.1, 0.15) is 43.6 Å². The minimum Gasteiger partial charge on any atom is -0.497 e. The number of carbonyl (C=O) groups excluding carboxylic acids is 2. The average molecular weight is 326 g/mol. The second kappa shape index (κ2) is 6.27. The highest BCUT2D eigenvalue weighted by Crippen LogP contribution is 2.54. The number of benzene rings is 1. The lowest BCUT2D eigenvalue weighted by Gasteiger charge is -2.49. The maximum Gasteiger partial charge on any atom is 0.246 e. The molecule has 1 saturated carbocycles. The van der Waals surface area contributed by atoms with Gasteiger partial charge in [-0.15, -0.1) is 0 Å². The van der Waals surface area contributed by atoms with E-state index in [-0.39, 0.29) is 17.7 Å². The van der Waals surface area contributed by atoms with Gasteiger partial charge in [0.05, 0.1) is 18.6 Å². The number of carbonyl (C=O) groups is 2. The predicted molar refractivity (Wildman–Crippen MR) is 88.1 cm³/mol. The van der Waals surface area contributed by atoms with Gasteiger partial charge in [0.15, 0.2) is 0 Å². The van der Waals surface area contributed by atoms with E-state index >= 15 is 0 Å². The van der Waals surface area contributed by atoms with Gasteiger partial charge in [-0.1, -0.05) is 31.4 Å². The minimum atomic E-state index is -0.820. The molecule has 1 heterocycles. The molecule has 2 atom stereocenters. The fourth-order valence-electron chi connectivity index (χ4n) is 4.40. The Kier molecular flexibility index (Phi) is 4.31. The molecule has 5 nitrogen and oxygen atoms in total. The Bertz CT molecular complexity index is 684. The Morgan fingerprint density at radius 1 is 1.17 bits per heavy atom. The molecule has 2 amide bonds. The summed E-state index contributed by atoms with van der Waals surface area (Å²) in [5, 5.41) is 9.68. The molecule has 5 heteroatoms. The summed E-state index contributed by atoms with van der Waals surface area (Å²) < 4.78 is 5.20. The van der Waals surface area contributed by atoms with Crippen LogP contribution >= 0.6 is 0 Å². The van der Waals surface area contributed by atoms with Crippen molar-refractivity contribution < 1.29 is 14.3 Å². The molecule has 0 aromatic heterocycles. The van der Waals surface area contributed by atoms with Gasteiger partial charge < -0.3 is 4.74 Å². The Balaban J connectivity index is 2.12. The topological polar surface area (TPSA) is 70.4 Å². The molecule has 1 aliphatic heterocycles. The third kappa shape index (κ3) is 2.37. The highest BCUT2D eigenvalue weighted by molar-refractivity contribution is 6.03. The zero-order valence-corrected chi connectivity index (χ0v) is 14.1. The van der Waals surface area contributed by atoms with E-state index in [1.165, 1.54) is 11.9 Å². The van der Waals surface area contributed by atoms with Crippen molar-refractivity contribution in [3.8, 4) is 11.8 Å². The van der Waals surface area contributed by atoms with Gasteiger partial charge in [-0.2, -0.15) is 5.26 Å². The van der Waals surface area contributed by atoms with Crippen molar-refractivity contribution in [3.05, 3.63) is 29.8 Å². The van der Waals surface area contributed by atoms with Crippen LogP contribution in [0, 0.1) is 22.7 Å². The largest absolute Gasteiger partial charge is 0.497 e. The van der Waals surface area contributed by atoms with E-state index in [2.05, 4.69) is 6.07 Å². The first-order valence-electron chi connectivity index (χ1n) is 8.41. The Labute approximate surface area is 142 Å². The quantitative estimate of drug-likeness (QED) is 0.784. The molecule has 1 aliphatic carbocycles. The van der Waals surface area contributed by atoms with Crippen molar-refractivity contribution in [2.75, 3.05) is 14.2 Å². The number of methoxy groups -OCH3 is 1. The number of hydrogen-bond donors (Lipinski definition) is 0. The number of hydrogen-bond acceptors (Lipinski definition) is 4. The van der Waals surface area contributed by atoms with Crippen molar-refractivity contribution in [2.24, 2.45) is 11.3 Å². The Morgan fingerprint density at radius 3 is 2.33 bits per heavy atom. The third-order valence-electron chi connectivity index (χ3n) is 5.62. The summed E-state index contributed by atoms with van der Waals surface area (Å²) in [6.45, 7) is 0. The normalized spacial score (nSPS) is 26.3. The molecule has 1 spiro atoms. The van der Waals surface area contributed by atoms with Crippen LogP contribution in [-0.2, 0) is 9.59 Å². The van der Waals surface area contributed by atoms with Crippen molar-refractivity contribution in [1.82, 2.24) is 4.90 Å². The molecular weight excluding hydrogens is 304 g/mol. The smallest absolute Gasteiger partial charge is 0.246 e. The number of piperidine rings is 1. The average Bonchev–Trinajstić information content (AvgIpc) is 2.64. The maximum absolute atomic E-state index is 13.1. The zero-order chi connectivity index (χ0) is 17.3. The molecule has 1 aromatic carbocycles. The third-order valence-corrected chi connectivity index (χ3v) is 5.62. The summed E-state index contributed by atoms with van der Waals surface area (Å²) in [5.74, 6) is -1.00. The summed E-state index contributed by atoms with van der Waals surface area (Å²) in [4.78, 5) is 26.8. The highest BCUT2D eigenvalue weighted by atomic mass is 16.5. The summed E-state index contributed by atoms with van der Waals surface area (Å²) in [7, 11) is 3.11. The number of nitriles is 1. The zero-order valence-electron chi connectivity index (χ0n) is 14.1. The molecular formula is C19H22N2O3. The molecule has 0 bridgehead atoms. The van der Waals surface area contributed by atoms with Gasteiger partial charge in [-0.05, 0) is 30.5 Å². The van der Waals surface area contributed by atoms with Crippen LogP contribution in [0.2, 0.25) is 0 Å². The second-order valence-electron chi connectivity index (χ2n) is 6.78. The fraction of sp³-hybridized carbons (Fsp3) is 0.526. The molecule has 126 valence electrons. The lowest BCUT2D eigenvalue weighted by molar-refractivity contribution is -0.162. The predicted octanol–water partition coefficient (Wildman–Crippen LogP) is 2.87. The number of nitrogens with zero attached hydrogens (tertiary/aromatic N) is 2. The number of imide groups is 1. The first-order chi connectivity index (χ1) is 11.5. The van der Waals surface area contributed by atoms with Crippen molar-refractivity contribution in [1.29, 1.82) is 5.26 Å². The van der Waals surface area contributed by atoms with Crippen LogP contribution in [0.4, 0.5) is 0 Å². The van der Waals surface area contributed by atoms with Gasteiger partial charge >= 0.3 is 0 Å². The molecule has 2 fully saturated rings. The van der Waals surface area contributed by atoms with Gasteiger partial charge in [0, 0.05) is 13.0 Å². The summed E-state index contributed by atoms with van der Waals surface area (Å²) in [6, 6.07) is 9.60. The van der Waals surface area contributed by atoms with E-state index in [1.54, 1.807) is 7.11 Å². The molecule has 1 saturated heterocycles. The van der Waals surface area contributed by atoms with Gasteiger partial charge in [0.25, 0.3) is 0 Å². The highest BCUT2D eigenvalue weighted by Gasteiger charge is 2.57. The van der Waals surface area contributed by atoms with Gasteiger partial charge in [0.1, 0.15) is 11.7 Å². The molecule has 0 radical (unpaired) electrons. The van der Waals surface area contributed by atoms with Gasteiger partial charge in [-0.3, -0.25) is 14.5 Å². The van der Waals surface area contributed by atoms with E-state index < -0.39 is 11.3 Å². The van der Waals surface area contributed by atoms with Gasteiger partial charge in [0.2, 0.25) is 11.8 Å². The molecule has 24 heavy (non-hydrogen) atoms. The van der Waals surface area contributed by atoms with Crippen LogP contribution in [0.5, 0.6) is 5.75 Å². The first kappa shape index (κ1) is 16.5. The van der Waals surface area contributed by atoms with Crippen LogP contribution in [0.3, 0.4) is 0 Å². The van der Waals surface area contributed by atoms with E-state index in [0.717, 1.165) is 43.4 Å². The fourth-order valence-corrected chi connectivity index (χ4v) is 4.40. The number of rotatable bonds is 2. The van der Waals surface area contributed by atoms with Crippen LogP contribution in [-0.4, -0.2) is 30.9 Å². The van der Waals surface area contributed by atoms with E-state index in [1.807, 2.05) is 24.3 Å². The minimum absolute atomic E-state index is 0.125. The lowest BCUT2D eigenvalue weighted by Crippen LogP contribution is -2.58. The number of amides is 2. The maximum atomic E-state index is 13.1. The van der Waals surface area contributed by atoms with Crippen molar-refractivity contribution in [2.45, 2.75) is 38.0 Å². The Hall–Kier alpha value is -2.35. The number of ether oxygens (including phenoxy) is 1. The van der Waals surface area contributed by atoms with Crippen molar-refractivity contribution >= 4 is 11.8 Å². The van der Waals surface area contributed by atoms with E-state index in [0.29, 0.717) is 0 Å². The van der Waals surface area contributed by atoms with E-state index in [4.69, 9.17) is 4.74 Å². The molecule has 1 aromatic rings. The first-order valence-corrected chi connectivity index (χ1v) is 8.41. The standard InChI is InChI=1S/C19H22N2O3/c1-21-17(22)15(12-20)16(13-6-8-14(24-2)9-7-13)19(18(21)23)10-4-3-5-11-19/h6-9,15-16H,3-5,10-11H2,1-2H3. The lowest BCUT2D eigenvalue weighted by atomic mass is 9.57. The van der Waals surface area contributed by atoms with Gasteiger partial charge in [-0.25, -0.2) is 0 Å². The summed E-state index contributed by atoms with van der Waals surface area (Å²) in [5.41, 5.74) is 0.231. The Morgan fingerprint density at radius 2 is 1.79 bits per heavy atom. The molecule has 3 rings (SSSR count). The molecule has 2 unspecified atom stereocenters. The number of likely N-dealkylation sites (tertiary alicyclic amines) is 1. The summed E-state index contributed by atoms with van der Waals surface area (Å²) in [6.07, 6.45) is 4.48. The van der Waals surface area contributed by atoms with Crippen molar-refractivity contribution in [3.63, 3.8) is 0 Å². The van der Waals surface area contributed by atoms with Crippen LogP contribution in [0.15, 0.2) is 24.3 Å². The molecule has 0 N–H and O–H groups in total. The molecule has 2 aliphatic rings. The summed E-state index contributed by atoms with van der Waals surface area (Å²) >= 11 is 0. The van der Waals surface area contributed by atoms with Crippen LogP contribution in [0.25, 0.3) is 0 Å². The monoisotopic (exact) mass is 326 g/mol. The second-order valence-corrected chi connectivity index (χ2v) is 6.78. The SMILES string of the molecule is COc1ccc(C2C(C#N)C(=O)N(C)C(=O)C23CCCCC3)cc1. The van der Waals surface area contributed by atoms with E-state index in [9.17, 15) is 14.9 Å².